The van der Waals surface area contributed by atoms with E-state index in [-0.39, 0.29) is 0 Å². The SMILES string of the molecule is Cc1cccc2c1C=[C]([Zr]([CH3])([CH3])[C]1(C)C=CC=C1)C2C. The number of aryl methyl sites for hydroxylation is 1. The number of hydrogen-bond donors (Lipinski definition) is 0. The molecular weight excluding hydrogens is 319 g/mol. The average Bonchev–Trinajstić information content (AvgIpc) is 2.97. The van der Waals surface area contributed by atoms with Crippen LogP contribution in [0.25, 0.3) is 6.08 Å². The van der Waals surface area contributed by atoms with Crippen LogP contribution in [0.15, 0.2) is 45.8 Å². The molecule has 1 unspecified atom stereocenters. The van der Waals surface area contributed by atoms with Gasteiger partial charge in [0.25, 0.3) is 0 Å². The van der Waals surface area contributed by atoms with E-state index in [1.54, 1.807) is 8.84 Å². The molecule has 1 aromatic rings. The minimum atomic E-state index is -2.42. The summed E-state index contributed by atoms with van der Waals surface area (Å²) in [6.45, 7) is 7.08. The summed E-state index contributed by atoms with van der Waals surface area (Å²) in [5, 5.41) is 0. The Morgan fingerprint density at radius 3 is 2.35 bits per heavy atom. The molecule has 0 saturated carbocycles. The Morgan fingerprint density at radius 1 is 1.10 bits per heavy atom. The van der Waals surface area contributed by atoms with Gasteiger partial charge >= 0.3 is 128 Å². The van der Waals surface area contributed by atoms with Crippen LogP contribution < -0.4 is 0 Å². The number of hydrogen-bond acceptors (Lipinski definition) is 0. The van der Waals surface area contributed by atoms with Crippen molar-refractivity contribution in [3.8, 4) is 0 Å². The third kappa shape index (κ3) is 1.90. The maximum atomic E-state index is 2.60. The van der Waals surface area contributed by atoms with E-state index in [1.165, 1.54) is 11.1 Å². The Balaban J connectivity index is 2.09. The van der Waals surface area contributed by atoms with Gasteiger partial charge in [0.05, 0.1) is 0 Å². The zero-order valence-electron chi connectivity index (χ0n) is 13.2. The zero-order valence-corrected chi connectivity index (χ0v) is 15.7. The summed E-state index contributed by atoms with van der Waals surface area (Å²) in [5.74, 6) is 0.606. The van der Waals surface area contributed by atoms with Gasteiger partial charge in [0, 0.05) is 0 Å². The molecule has 0 heterocycles. The first-order valence-electron chi connectivity index (χ1n) is 7.55. The summed E-state index contributed by atoms with van der Waals surface area (Å²) in [6, 6.07) is 6.77. The predicted octanol–water partition coefficient (Wildman–Crippen LogP) is 6.01. The molecule has 2 aliphatic rings. The summed E-state index contributed by atoms with van der Waals surface area (Å²) in [5.41, 5.74) is 4.46. The van der Waals surface area contributed by atoms with Crippen molar-refractivity contribution in [1.29, 1.82) is 0 Å². The topological polar surface area (TPSA) is 0 Å². The third-order valence-electron chi connectivity index (χ3n) is 5.66. The van der Waals surface area contributed by atoms with Gasteiger partial charge in [-0.15, -0.1) is 0 Å². The maximum absolute atomic E-state index is 2.60. The van der Waals surface area contributed by atoms with Crippen LogP contribution in [-0.2, 0) is 20.3 Å². The van der Waals surface area contributed by atoms with Crippen molar-refractivity contribution in [2.24, 2.45) is 0 Å². The fraction of sp³-hybridized carbons (Fsp3) is 0.368. The predicted molar refractivity (Wildman–Crippen MR) is 85.9 cm³/mol. The molecule has 1 atom stereocenters. The molecule has 0 spiro atoms. The number of rotatable bonds is 2. The van der Waals surface area contributed by atoms with Gasteiger partial charge in [0.2, 0.25) is 0 Å². The Hall–Kier alpha value is -0.677. The van der Waals surface area contributed by atoms with Gasteiger partial charge in [0.1, 0.15) is 0 Å². The summed E-state index contributed by atoms with van der Waals surface area (Å²) in [6.07, 6.45) is 11.9. The van der Waals surface area contributed by atoms with E-state index >= 15 is 0 Å². The molecule has 20 heavy (non-hydrogen) atoms. The van der Waals surface area contributed by atoms with Crippen molar-refractivity contribution in [2.45, 2.75) is 39.1 Å². The third-order valence-corrected chi connectivity index (χ3v) is 18.1. The first kappa shape index (κ1) is 14.3. The fourth-order valence-corrected chi connectivity index (χ4v) is 12.1. The van der Waals surface area contributed by atoms with Crippen molar-refractivity contribution in [1.82, 2.24) is 0 Å². The van der Waals surface area contributed by atoms with E-state index in [0.29, 0.717) is 9.04 Å². The van der Waals surface area contributed by atoms with Crippen LogP contribution in [0.1, 0.15) is 36.5 Å². The molecule has 0 amide bonds. The van der Waals surface area contributed by atoms with Crippen LogP contribution in [0, 0.1) is 6.92 Å². The standard InChI is InChI=1S/C11H11.C6H7.2CH3.Zr/c1-8-4-3-5-10-9(2)6-7-11(8)10;1-6-4-2-3-5-6;;;/h3-5,7,9H,1-2H3;2-5H,1H3;2*1H3;. The van der Waals surface area contributed by atoms with E-state index in [4.69, 9.17) is 0 Å². The molecule has 1 aromatic carbocycles. The normalized spacial score (nSPS) is 23.1. The Bertz CT molecular complexity index is 632. The van der Waals surface area contributed by atoms with Gasteiger partial charge in [-0.25, -0.2) is 0 Å². The van der Waals surface area contributed by atoms with Crippen LogP contribution in [0.2, 0.25) is 12.4 Å². The second-order valence-electron chi connectivity index (χ2n) is 7.03. The van der Waals surface area contributed by atoms with Crippen molar-refractivity contribution in [3.63, 3.8) is 0 Å². The molecule has 0 saturated heterocycles. The van der Waals surface area contributed by atoms with Crippen LogP contribution in [-0.4, -0.2) is 0 Å². The van der Waals surface area contributed by atoms with Crippen molar-refractivity contribution >= 4 is 6.08 Å². The molecule has 1 heteroatoms. The summed E-state index contributed by atoms with van der Waals surface area (Å²) < 4.78 is 7.28. The minimum absolute atomic E-state index is 0.324. The van der Waals surface area contributed by atoms with Crippen LogP contribution in [0.4, 0.5) is 0 Å². The molecule has 2 aliphatic carbocycles. The van der Waals surface area contributed by atoms with Gasteiger partial charge in [-0.1, -0.05) is 0 Å². The number of allylic oxidation sites excluding steroid dienone is 5. The molecule has 0 radical (unpaired) electrons. The summed E-state index contributed by atoms with van der Waals surface area (Å²) in [7, 11) is 0. The number of benzene rings is 1. The quantitative estimate of drug-likeness (QED) is 0.617. The molecule has 104 valence electrons. The van der Waals surface area contributed by atoms with Gasteiger partial charge in [-0.2, -0.15) is 0 Å². The molecule has 0 bridgehead atoms. The Kier molecular flexibility index (Phi) is 3.33. The Morgan fingerprint density at radius 2 is 1.75 bits per heavy atom. The van der Waals surface area contributed by atoms with E-state index in [0.717, 1.165) is 0 Å². The molecular formula is C19H24Zr. The number of fused-ring (bicyclic) bond motifs is 1. The van der Waals surface area contributed by atoms with Gasteiger partial charge < -0.3 is 0 Å². The average molecular weight is 344 g/mol. The molecule has 0 fully saturated rings. The molecule has 0 aromatic heterocycles. The second-order valence-corrected chi connectivity index (χ2v) is 19.1. The van der Waals surface area contributed by atoms with Crippen molar-refractivity contribution in [3.05, 3.63) is 62.5 Å². The summed E-state index contributed by atoms with van der Waals surface area (Å²) >= 11 is -2.42. The van der Waals surface area contributed by atoms with E-state index in [2.05, 4.69) is 78.6 Å². The molecule has 0 nitrogen and oxygen atoms in total. The first-order chi connectivity index (χ1) is 9.37. The van der Waals surface area contributed by atoms with Crippen LogP contribution in [0.5, 0.6) is 0 Å². The zero-order chi connectivity index (χ0) is 14.5. The van der Waals surface area contributed by atoms with Crippen molar-refractivity contribution < 1.29 is 20.3 Å². The molecule has 0 N–H and O–H groups in total. The van der Waals surface area contributed by atoms with Gasteiger partial charge in [-0.05, 0) is 0 Å². The van der Waals surface area contributed by atoms with E-state index in [1.807, 2.05) is 0 Å². The fourth-order valence-electron chi connectivity index (χ4n) is 3.74. The van der Waals surface area contributed by atoms with E-state index < -0.39 is 20.3 Å². The van der Waals surface area contributed by atoms with Crippen molar-refractivity contribution in [2.75, 3.05) is 0 Å². The van der Waals surface area contributed by atoms with Gasteiger partial charge in [0.15, 0.2) is 0 Å². The summed E-state index contributed by atoms with van der Waals surface area (Å²) in [4.78, 5) is 0. The van der Waals surface area contributed by atoms with E-state index in [9.17, 15) is 0 Å². The van der Waals surface area contributed by atoms with Gasteiger partial charge in [-0.3, -0.25) is 0 Å². The monoisotopic (exact) mass is 342 g/mol. The van der Waals surface area contributed by atoms with Crippen LogP contribution in [0.3, 0.4) is 0 Å². The van der Waals surface area contributed by atoms with Crippen LogP contribution >= 0.6 is 0 Å². The first-order valence-corrected chi connectivity index (χ1v) is 14.9. The second kappa shape index (κ2) is 4.67. The molecule has 3 rings (SSSR count). The molecule has 0 aliphatic heterocycles. The Labute approximate surface area is 127 Å².